The molecule has 2 aliphatic heterocycles. The van der Waals surface area contributed by atoms with Gasteiger partial charge in [0.1, 0.15) is 5.84 Å². The number of pyridine rings is 1. The fourth-order valence-electron chi connectivity index (χ4n) is 2.91. The van der Waals surface area contributed by atoms with E-state index in [0.717, 1.165) is 48.7 Å². The van der Waals surface area contributed by atoms with E-state index in [4.69, 9.17) is 0 Å². The van der Waals surface area contributed by atoms with Crippen molar-refractivity contribution in [3.63, 3.8) is 0 Å². The van der Waals surface area contributed by atoms with E-state index in [9.17, 15) is 4.79 Å². The fraction of sp³-hybridized carbons (Fsp3) is 0.462. The lowest BCUT2D eigenvalue weighted by molar-refractivity contribution is -0.130. The number of amides is 1. The number of aliphatic imine (C=N–C) groups is 1. The summed E-state index contributed by atoms with van der Waals surface area (Å²) in [7, 11) is 0. The third-order valence-corrected chi connectivity index (χ3v) is 3.97. The number of rotatable bonds is 0. The van der Waals surface area contributed by atoms with E-state index in [2.05, 4.69) is 16.0 Å². The first-order valence-corrected chi connectivity index (χ1v) is 6.07. The maximum Gasteiger partial charge on any atom is 0.240 e. The molecule has 1 aromatic rings. The summed E-state index contributed by atoms with van der Waals surface area (Å²) in [5.41, 5.74) is 2.73. The first-order chi connectivity index (χ1) is 8.22. The molecule has 1 aliphatic carbocycles. The second-order valence-corrected chi connectivity index (χ2v) is 5.09. The molecule has 1 amide bonds. The molecule has 0 radical (unpaired) electrons. The molecule has 17 heavy (non-hydrogen) atoms. The van der Waals surface area contributed by atoms with Crippen LogP contribution in [0.4, 0.5) is 0 Å². The van der Waals surface area contributed by atoms with E-state index < -0.39 is 0 Å². The van der Waals surface area contributed by atoms with E-state index in [1.807, 2.05) is 17.9 Å². The minimum absolute atomic E-state index is 0.222. The van der Waals surface area contributed by atoms with E-state index in [0.29, 0.717) is 0 Å². The topological polar surface area (TPSA) is 45.6 Å². The highest BCUT2D eigenvalue weighted by atomic mass is 16.2. The van der Waals surface area contributed by atoms with Gasteiger partial charge in [-0.15, -0.1) is 0 Å². The van der Waals surface area contributed by atoms with Crippen LogP contribution < -0.4 is 0 Å². The SMILES string of the molecule is Cc1ccc2c(n1)C1(CC1)C(=O)N1CCN=C21. The minimum atomic E-state index is -0.301. The van der Waals surface area contributed by atoms with Gasteiger partial charge in [-0.3, -0.25) is 19.7 Å². The molecular weight excluding hydrogens is 214 g/mol. The Labute approximate surface area is 99.4 Å². The number of hydrogen-bond acceptors (Lipinski definition) is 3. The Morgan fingerprint density at radius 3 is 2.94 bits per heavy atom. The van der Waals surface area contributed by atoms with Crippen LogP contribution in [-0.2, 0) is 10.2 Å². The van der Waals surface area contributed by atoms with Gasteiger partial charge >= 0.3 is 0 Å². The minimum Gasteiger partial charge on any atom is -0.294 e. The van der Waals surface area contributed by atoms with Crippen LogP contribution in [-0.4, -0.2) is 34.7 Å². The standard InChI is InChI=1S/C13H13N3O/c1-8-2-3-9-10(15-8)13(4-5-13)12(17)16-7-6-14-11(9)16/h2-3H,4-7H2,1H3. The third kappa shape index (κ3) is 1.01. The molecule has 0 atom stereocenters. The number of nitrogens with zero attached hydrogens (tertiary/aromatic N) is 3. The number of fused-ring (bicyclic) bond motifs is 4. The van der Waals surface area contributed by atoms with Gasteiger partial charge in [0.15, 0.2) is 0 Å². The Bertz CT molecular complexity index is 572. The average Bonchev–Trinajstić information content (AvgIpc) is 2.97. The molecule has 3 aliphatic rings. The van der Waals surface area contributed by atoms with Crippen LogP contribution in [0.2, 0.25) is 0 Å². The summed E-state index contributed by atoms with van der Waals surface area (Å²) in [6, 6.07) is 4.07. The van der Waals surface area contributed by atoms with E-state index >= 15 is 0 Å². The molecule has 0 saturated heterocycles. The molecule has 1 saturated carbocycles. The molecule has 1 spiro atoms. The highest BCUT2D eigenvalue weighted by Gasteiger charge is 2.59. The average molecular weight is 227 g/mol. The van der Waals surface area contributed by atoms with Crippen LogP contribution in [0.1, 0.15) is 29.8 Å². The number of hydrogen-bond donors (Lipinski definition) is 0. The highest BCUT2D eigenvalue weighted by Crippen LogP contribution is 2.52. The zero-order chi connectivity index (χ0) is 11.6. The number of aryl methyl sites for hydroxylation is 1. The highest BCUT2D eigenvalue weighted by molar-refractivity contribution is 6.16. The predicted molar refractivity (Wildman–Crippen MR) is 63.0 cm³/mol. The van der Waals surface area contributed by atoms with Crippen molar-refractivity contribution in [2.24, 2.45) is 4.99 Å². The Morgan fingerprint density at radius 1 is 1.35 bits per heavy atom. The summed E-state index contributed by atoms with van der Waals surface area (Å²) >= 11 is 0. The summed E-state index contributed by atoms with van der Waals surface area (Å²) in [5, 5.41) is 0. The van der Waals surface area contributed by atoms with Crippen LogP contribution in [0, 0.1) is 6.92 Å². The summed E-state index contributed by atoms with van der Waals surface area (Å²) in [6.07, 6.45) is 1.89. The molecule has 0 N–H and O–H groups in total. The molecule has 1 fully saturated rings. The Balaban J connectivity index is 2.02. The number of carbonyl (C=O) groups excluding carboxylic acids is 1. The number of aromatic nitrogens is 1. The van der Waals surface area contributed by atoms with Crippen molar-refractivity contribution in [3.05, 3.63) is 29.1 Å². The maximum absolute atomic E-state index is 12.5. The van der Waals surface area contributed by atoms with Crippen molar-refractivity contribution in [1.29, 1.82) is 0 Å². The maximum atomic E-state index is 12.5. The van der Waals surface area contributed by atoms with Crippen molar-refractivity contribution in [3.8, 4) is 0 Å². The van der Waals surface area contributed by atoms with Crippen molar-refractivity contribution >= 4 is 11.7 Å². The normalized spacial score (nSPS) is 23.5. The van der Waals surface area contributed by atoms with Crippen molar-refractivity contribution in [1.82, 2.24) is 9.88 Å². The van der Waals surface area contributed by atoms with E-state index in [-0.39, 0.29) is 11.3 Å². The van der Waals surface area contributed by atoms with Gasteiger partial charge in [-0.1, -0.05) is 0 Å². The van der Waals surface area contributed by atoms with Gasteiger partial charge in [0, 0.05) is 17.8 Å². The predicted octanol–water partition coefficient (Wildman–Crippen LogP) is 1.02. The lowest BCUT2D eigenvalue weighted by Gasteiger charge is -2.31. The largest absolute Gasteiger partial charge is 0.294 e. The molecule has 4 rings (SSSR count). The molecule has 4 heteroatoms. The third-order valence-electron chi connectivity index (χ3n) is 3.97. The zero-order valence-corrected chi connectivity index (χ0v) is 9.73. The van der Waals surface area contributed by atoms with Crippen LogP contribution in [0.3, 0.4) is 0 Å². The summed E-state index contributed by atoms with van der Waals surface area (Å²) in [5.74, 6) is 1.06. The van der Waals surface area contributed by atoms with Crippen molar-refractivity contribution in [2.45, 2.75) is 25.2 Å². The van der Waals surface area contributed by atoms with Gasteiger partial charge in [-0.05, 0) is 31.9 Å². The molecule has 0 aromatic carbocycles. The van der Waals surface area contributed by atoms with Crippen LogP contribution in [0.25, 0.3) is 0 Å². The Kier molecular flexibility index (Phi) is 1.51. The van der Waals surface area contributed by atoms with Crippen LogP contribution >= 0.6 is 0 Å². The van der Waals surface area contributed by atoms with Crippen molar-refractivity contribution in [2.75, 3.05) is 13.1 Å². The summed E-state index contributed by atoms with van der Waals surface area (Å²) in [4.78, 5) is 23.4. The number of amidine groups is 1. The number of carbonyl (C=O) groups is 1. The smallest absolute Gasteiger partial charge is 0.240 e. The zero-order valence-electron chi connectivity index (χ0n) is 9.73. The van der Waals surface area contributed by atoms with Crippen LogP contribution in [0.15, 0.2) is 17.1 Å². The lowest BCUT2D eigenvalue weighted by atomic mass is 9.90. The first-order valence-electron chi connectivity index (χ1n) is 6.07. The second kappa shape index (κ2) is 2.75. The second-order valence-electron chi connectivity index (χ2n) is 5.09. The molecule has 4 nitrogen and oxygen atoms in total. The molecule has 3 heterocycles. The van der Waals surface area contributed by atoms with Crippen LogP contribution in [0.5, 0.6) is 0 Å². The van der Waals surface area contributed by atoms with Gasteiger partial charge in [0.05, 0.1) is 17.7 Å². The van der Waals surface area contributed by atoms with Gasteiger partial charge in [-0.2, -0.15) is 0 Å². The molecule has 1 aromatic heterocycles. The molecule has 86 valence electrons. The fourth-order valence-corrected chi connectivity index (χ4v) is 2.91. The Hall–Kier alpha value is -1.71. The van der Waals surface area contributed by atoms with E-state index in [1.54, 1.807) is 0 Å². The molecular formula is C13H13N3O. The molecule has 0 bridgehead atoms. The lowest BCUT2D eigenvalue weighted by Crippen LogP contribution is -2.47. The van der Waals surface area contributed by atoms with Gasteiger partial charge in [0.25, 0.3) is 0 Å². The summed E-state index contributed by atoms with van der Waals surface area (Å²) < 4.78 is 0. The van der Waals surface area contributed by atoms with Gasteiger partial charge in [0.2, 0.25) is 5.91 Å². The quantitative estimate of drug-likeness (QED) is 0.664. The van der Waals surface area contributed by atoms with E-state index in [1.165, 1.54) is 0 Å². The first kappa shape index (κ1) is 9.33. The monoisotopic (exact) mass is 227 g/mol. The van der Waals surface area contributed by atoms with Crippen molar-refractivity contribution < 1.29 is 4.79 Å². The van der Waals surface area contributed by atoms with Gasteiger partial charge in [-0.25, -0.2) is 0 Å². The summed E-state index contributed by atoms with van der Waals surface area (Å²) in [6.45, 7) is 3.44. The van der Waals surface area contributed by atoms with Gasteiger partial charge < -0.3 is 0 Å². The molecule has 0 unspecified atom stereocenters. The Morgan fingerprint density at radius 2 is 2.18 bits per heavy atom.